The van der Waals surface area contributed by atoms with Gasteiger partial charge in [0.05, 0.1) is 24.4 Å². The predicted octanol–water partition coefficient (Wildman–Crippen LogP) is 13.5. The fraction of sp³-hybridized carbons (Fsp3) is 0.651. The molecule has 2 aromatic rings. The Morgan fingerprint density at radius 2 is 1.16 bits per heavy atom. The van der Waals surface area contributed by atoms with Crippen molar-refractivity contribution in [3.63, 3.8) is 0 Å². The van der Waals surface area contributed by atoms with Gasteiger partial charge in [-0.1, -0.05) is 137 Å². The third-order valence-corrected chi connectivity index (χ3v) is 24.3. The van der Waals surface area contributed by atoms with Crippen molar-refractivity contribution in [3.05, 3.63) is 83.0 Å². The van der Waals surface area contributed by atoms with Crippen LogP contribution in [0.25, 0.3) is 0 Å². The molecule has 2 aliphatic heterocycles. The number of carbonyl (C=O) groups excluding carboxylic acids is 2. The second-order valence-electron chi connectivity index (χ2n) is 24.2. The summed E-state index contributed by atoms with van der Waals surface area (Å²) in [4.78, 5) is 22.7. The Morgan fingerprint density at radius 3 is 1.56 bits per heavy atom. The predicted molar refractivity (Wildman–Crippen MR) is 309 cm³/mol. The summed E-state index contributed by atoms with van der Waals surface area (Å²) in [5.74, 6) is 14.8. The van der Waals surface area contributed by atoms with Gasteiger partial charge in [0, 0.05) is 82.1 Å². The van der Waals surface area contributed by atoms with Crippen molar-refractivity contribution >= 4 is 28.7 Å². The minimum Gasteiger partial charge on any atom is -0.489 e. The lowest BCUT2D eigenvalue weighted by atomic mass is 9.86. The summed E-state index contributed by atoms with van der Waals surface area (Å²) in [7, 11) is -2.35. The molecule has 0 radical (unpaired) electrons. The zero-order valence-electron chi connectivity index (χ0n) is 47.2. The van der Waals surface area contributed by atoms with Gasteiger partial charge in [0.1, 0.15) is 35.3 Å². The van der Waals surface area contributed by atoms with Crippen LogP contribution >= 0.6 is 0 Å². The standard InChI is InChI=1S/C31H46O4Si.C25H32O4.C6H16Si.CH4/c1-9-10-13-21(2)26(33)19-18-24-27(35-36(7,8)31(4,5)6)20-28-29(24)25-17-12-16-23(30(25)34-28)15-11-14-22(3)32;1-4-5-8-16(2)21(27)14-13-19-22(28)15-23-24(19)20-12-7-11-18(25(20)29-23)10-6-9-17(3)26;1-6(2,3)7(4)5;/h12,16-19,21,24,26-29,33H,11,13-15,20H2,1-8H3;7,11-14,16,19,21-24,27-28H,6,8-10,15H2,1-3H3;7H,1-5H3;1H4/b19-18+;14-13+;;/t21-,24-,26+,27+,28-,29-;16-,19-,21+,22+,23-,24-;;/m00../s1. The van der Waals surface area contributed by atoms with E-state index in [0.29, 0.717) is 37.1 Å². The molecule has 12 atom stereocenters. The average molecular weight is 1040 g/mol. The number of carbonyl (C=O) groups is 2. The van der Waals surface area contributed by atoms with Gasteiger partial charge in [-0.2, -0.15) is 0 Å². The van der Waals surface area contributed by atoms with Crippen molar-refractivity contribution in [1.82, 2.24) is 0 Å². The number of ether oxygens (including phenoxy) is 2. The van der Waals surface area contributed by atoms with Crippen molar-refractivity contribution in [2.24, 2.45) is 23.7 Å². The van der Waals surface area contributed by atoms with Gasteiger partial charge >= 0.3 is 0 Å². The molecular weight excluding hydrogens is 941 g/mol. The SMILES string of the molecule is C.CC#CC[C@H](C)[C@H](O)/C=C/[C@@H]1[C@H]2c3cccc(CCCC(C)=O)c3O[C@H]2C[C@H]1O.CC#CC[C@H](C)[C@H](O)/C=C/[C@@H]1[C@H]2c3cccc(CCCC(C)=O)c3O[C@H]2C[C@H]1O[Si](C)(C)C(C)(C)C.C[SiH](C)C(C)(C)C. The largest absolute Gasteiger partial charge is 0.489 e. The molecule has 0 saturated heterocycles. The molecule has 0 spiro atoms. The third kappa shape index (κ3) is 17.7. The molecule has 0 unspecified atom stereocenters. The summed E-state index contributed by atoms with van der Waals surface area (Å²) in [6.45, 7) is 34.1. The second-order valence-corrected chi connectivity index (χ2v) is 33.0. The van der Waals surface area contributed by atoms with Crippen molar-refractivity contribution < 1.29 is 38.8 Å². The molecule has 6 rings (SSSR count). The molecule has 3 N–H and O–H groups in total. The molecule has 0 amide bonds. The van der Waals surface area contributed by atoms with Gasteiger partial charge in [0.25, 0.3) is 0 Å². The summed E-state index contributed by atoms with van der Waals surface area (Å²) < 4.78 is 19.9. The van der Waals surface area contributed by atoms with E-state index >= 15 is 0 Å². The van der Waals surface area contributed by atoms with Gasteiger partial charge in [0.15, 0.2) is 8.32 Å². The molecule has 2 heterocycles. The number of aliphatic hydroxyl groups is 3. The van der Waals surface area contributed by atoms with E-state index in [-0.39, 0.29) is 86.6 Å². The summed E-state index contributed by atoms with van der Waals surface area (Å²) in [5.41, 5.74) is 4.72. The number of ketones is 2. The molecule has 0 aromatic heterocycles. The minimum absolute atomic E-state index is 0. The van der Waals surface area contributed by atoms with Gasteiger partial charge in [-0.15, -0.1) is 23.7 Å². The van der Waals surface area contributed by atoms with E-state index in [1.54, 1.807) is 20.8 Å². The normalized spacial score (nSPS) is 24.3. The average Bonchev–Trinajstić information content (AvgIpc) is 4.03. The summed E-state index contributed by atoms with van der Waals surface area (Å²) in [6, 6.07) is 12.6. The van der Waals surface area contributed by atoms with Crippen LogP contribution < -0.4 is 9.47 Å². The maximum atomic E-state index is 11.4. The molecule has 8 nitrogen and oxygen atoms in total. The van der Waals surface area contributed by atoms with Crippen molar-refractivity contribution in [2.45, 2.75) is 239 Å². The van der Waals surface area contributed by atoms with Crippen LogP contribution in [0.1, 0.15) is 176 Å². The Balaban J connectivity index is 0.000000342. The van der Waals surface area contributed by atoms with Crippen LogP contribution in [0.5, 0.6) is 11.5 Å². The highest BCUT2D eigenvalue weighted by Gasteiger charge is 2.53. The molecule has 2 saturated carbocycles. The maximum absolute atomic E-state index is 11.4. The zero-order valence-corrected chi connectivity index (χ0v) is 49.4. The summed E-state index contributed by atoms with van der Waals surface area (Å²) in [5, 5.41) is 32.6. The van der Waals surface area contributed by atoms with E-state index in [1.807, 2.05) is 45.1 Å². The number of fused-ring (bicyclic) bond motifs is 6. The van der Waals surface area contributed by atoms with Crippen LogP contribution in [0.2, 0.25) is 36.3 Å². The highest BCUT2D eigenvalue weighted by Crippen LogP contribution is 2.55. The lowest BCUT2D eigenvalue weighted by Crippen LogP contribution is -2.45. The van der Waals surface area contributed by atoms with E-state index in [0.717, 1.165) is 54.7 Å². The Hall–Kier alpha value is -3.75. The molecule has 4 aliphatic rings. The van der Waals surface area contributed by atoms with Crippen LogP contribution in [0.15, 0.2) is 60.7 Å². The number of hydrogen-bond acceptors (Lipinski definition) is 8. The van der Waals surface area contributed by atoms with Crippen LogP contribution in [-0.2, 0) is 26.9 Å². The lowest BCUT2D eigenvalue weighted by Gasteiger charge is -2.40. The first-order chi connectivity index (χ1) is 33.7. The molecule has 2 aromatic carbocycles. The number of benzene rings is 2. The second kappa shape index (κ2) is 28.4. The van der Waals surface area contributed by atoms with E-state index < -0.39 is 26.6 Å². The fourth-order valence-electron chi connectivity index (χ4n) is 9.68. The van der Waals surface area contributed by atoms with Gasteiger partial charge in [0.2, 0.25) is 0 Å². The van der Waals surface area contributed by atoms with Crippen molar-refractivity contribution in [1.29, 1.82) is 0 Å². The highest BCUT2D eigenvalue weighted by atomic mass is 28.4. The minimum atomic E-state index is -1.99. The van der Waals surface area contributed by atoms with Crippen LogP contribution in [0, 0.1) is 47.4 Å². The van der Waals surface area contributed by atoms with Gasteiger partial charge in [-0.25, -0.2) is 0 Å². The smallest absolute Gasteiger partial charge is 0.192 e. The van der Waals surface area contributed by atoms with Crippen molar-refractivity contribution in [2.75, 3.05) is 0 Å². The maximum Gasteiger partial charge on any atom is 0.192 e. The monoisotopic (exact) mass is 1040 g/mol. The third-order valence-electron chi connectivity index (χ3n) is 16.3. The van der Waals surface area contributed by atoms with Crippen LogP contribution in [-0.4, -0.2) is 80.6 Å². The van der Waals surface area contributed by atoms with Crippen LogP contribution in [0.3, 0.4) is 0 Å². The quantitative estimate of drug-likeness (QED) is 0.0767. The Labute approximate surface area is 446 Å². The number of Topliss-reactive ketones (excluding diaryl/α,β-unsaturated/α-hetero) is 2. The highest BCUT2D eigenvalue weighted by molar-refractivity contribution is 6.74. The zero-order chi connectivity index (χ0) is 53.7. The lowest BCUT2D eigenvalue weighted by molar-refractivity contribution is -0.117. The number of hydrogen-bond donors (Lipinski definition) is 3. The first kappa shape index (κ1) is 63.5. The molecular formula is C63H98O8Si2. The van der Waals surface area contributed by atoms with E-state index in [1.165, 1.54) is 11.1 Å². The van der Waals surface area contributed by atoms with E-state index in [2.05, 4.69) is 128 Å². The molecule has 2 aliphatic carbocycles. The Morgan fingerprint density at radius 1 is 0.753 bits per heavy atom. The number of para-hydroxylation sites is 2. The Kier molecular flexibility index (Phi) is 24.7. The van der Waals surface area contributed by atoms with Gasteiger partial charge in [-0.3, -0.25) is 0 Å². The number of rotatable bonds is 18. The summed E-state index contributed by atoms with van der Waals surface area (Å²) in [6.07, 6.45) is 13.7. The van der Waals surface area contributed by atoms with Crippen LogP contribution in [0.4, 0.5) is 0 Å². The summed E-state index contributed by atoms with van der Waals surface area (Å²) >= 11 is 0. The molecule has 0 bridgehead atoms. The Bertz CT molecular complexity index is 2280. The molecule has 10 heteroatoms. The first-order valence-electron chi connectivity index (χ1n) is 27.2. The van der Waals surface area contributed by atoms with E-state index in [9.17, 15) is 24.9 Å². The fourth-order valence-corrected chi connectivity index (χ4v) is 11.0. The van der Waals surface area contributed by atoms with E-state index in [4.69, 9.17) is 13.9 Å². The number of aliphatic hydroxyl groups excluding tert-OH is 3. The molecule has 406 valence electrons. The molecule has 2 fully saturated rings. The first-order valence-corrected chi connectivity index (χ1v) is 32.9. The molecule has 73 heavy (non-hydrogen) atoms. The van der Waals surface area contributed by atoms with Crippen molar-refractivity contribution in [3.8, 4) is 35.2 Å². The number of aryl methyl sites for hydroxylation is 2. The van der Waals surface area contributed by atoms with Gasteiger partial charge in [-0.05, 0) is 99.5 Å². The van der Waals surface area contributed by atoms with Gasteiger partial charge < -0.3 is 38.8 Å². The topological polar surface area (TPSA) is 123 Å².